The minimum absolute atomic E-state index is 0.344. The zero-order valence-corrected chi connectivity index (χ0v) is 18.2. The monoisotopic (exact) mass is 436 g/mol. The summed E-state index contributed by atoms with van der Waals surface area (Å²) in [6, 6.07) is 16.6. The molecule has 166 valence electrons. The van der Waals surface area contributed by atoms with Crippen LogP contribution in [0.1, 0.15) is 20.7 Å². The lowest BCUT2D eigenvalue weighted by atomic mass is 10.1. The van der Waals surface area contributed by atoms with E-state index in [0.29, 0.717) is 45.5 Å². The average Bonchev–Trinajstić information content (AvgIpc) is 2.83. The lowest BCUT2D eigenvalue weighted by molar-refractivity contribution is 0.101. The van der Waals surface area contributed by atoms with Gasteiger partial charge in [0.15, 0.2) is 0 Å². The van der Waals surface area contributed by atoms with Gasteiger partial charge < -0.3 is 29.6 Å². The molecular weight excluding hydrogens is 412 g/mol. The Morgan fingerprint density at radius 2 is 0.906 bits per heavy atom. The second kappa shape index (κ2) is 10.2. The van der Waals surface area contributed by atoms with Crippen molar-refractivity contribution >= 4 is 23.2 Å². The van der Waals surface area contributed by atoms with Crippen LogP contribution in [0.2, 0.25) is 0 Å². The van der Waals surface area contributed by atoms with Gasteiger partial charge in [0.1, 0.15) is 23.0 Å². The maximum Gasteiger partial charge on any atom is 0.255 e. The molecule has 0 saturated carbocycles. The van der Waals surface area contributed by atoms with Gasteiger partial charge in [-0.3, -0.25) is 9.59 Å². The molecule has 0 heterocycles. The Kier molecular flexibility index (Phi) is 7.17. The topological polar surface area (TPSA) is 95.1 Å². The van der Waals surface area contributed by atoms with E-state index in [1.807, 2.05) is 0 Å². The van der Waals surface area contributed by atoms with Gasteiger partial charge in [0, 0.05) is 34.6 Å². The van der Waals surface area contributed by atoms with E-state index in [2.05, 4.69) is 10.6 Å². The van der Waals surface area contributed by atoms with Crippen LogP contribution < -0.4 is 29.6 Å². The van der Waals surface area contributed by atoms with Gasteiger partial charge in [-0.25, -0.2) is 0 Å². The smallest absolute Gasteiger partial charge is 0.255 e. The van der Waals surface area contributed by atoms with Gasteiger partial charge in [0.25, 0.3) is 11.8 Å². The molecule has 3 aromatic rings. The highest BCUT2D eigenvalue weighted by molar-refractivity contribution is 6.07. The molecule has 3 rings (SSSR count). The number of hydrogen-bond donors (Lipinski definition) is 2. The van der Waals surface area contributed by atoms with Gasteiger partial charge in [0.2, 0.25) is 0 Å². The van der Waals surface area contributed by atoms with E-state index in [-0.39, 0.29) is 11.8 Å². The van der Waals surface area contributed by atoms with Gasteiger partial charge in [-0.2, -0.15) is 0 Å². The van der Waals surface area contributed by atoms with Crippen molar-refractivity contribution in [3.63, 3.8) is 0 Å². The lowest BCUT2D eigenvalue weighted by Crippen LogP contribution is -2.14. The molecule has 0 aromatic heterocycles. The molecule has 0 aliphatic rings. The van der Waals surface area contributed by atoms with Crippen LogP contribution in [0.15, 0.2) is 60.7 Å². The number of carbonyl (C=O) groups excluding carboxylic acids is 2. The van der Waals surface area contributed by atoms with Crippen molar-refractivity contribution in [2.45, 2.75) is 0 Å². The molecule has 0 fully saturated rings. The number of methoxy groups -OCH3 is 4. The van der Waals surface area contributed by atoms with Crippen LogP contribution >= 0.6 is 0 Å². The molecule has 0 saturated heterocycles. The fourth-order valence-corrected chi connectivity index (χ4v) is 2.96. The van der Waals surface area contributed by atoms with E-state index >= 15 is 0 Å². The lowest BCUT2D eigenvalue weighted by Gasteiger charge is -2.12. The molecule has 2 N–H and O–H groups in total. The first-order valence-corrected chi connectivity index (χ1v) is 9.64. The van der Waals surface area contributed by atoms with Crippen molar-refractivity contribution in [1.29, 1.82) is 0 Å². The number of amides is 2. The Hall–Kier alpha value is -4.20. The summed E-state index contributed by atoms with van der Waals surface area (Å²) >= 11 is 0. The number of anilines is 2. The highest BCUT2D eigenvalue weighted by atomic mass is 16.5. The van der Waals surface area contributed by atoms with Crippen LogP contribution in [0.4, 0.5) is 11.4 Å². The zero-order chi connectivity index (χ0) is 23.1. The summed E-state index contributed by atoms with van der Waals surface area (Å²) in [5, 5.41) is 5.62. The standard InChI is InChI=1S/C24H24N2O6/c1-29-19-8-15(9-20(13-19)30-2)23(27)25-17-6-5-7-18(12-17)26-24(28)16-10-21(31-3)14-22(11-16)32-4/h5-14H,1-4H3,(H,25,27)(H,26,28). The van der Waals surface area contributed by atoms with Crippen molar-refractivity contribution < 1.29 is 28.5 Å². The van der Waals surface area contributed by atoms with Crippen molar-refractivity contribution in [2.24, 2.45) is 0 Å². The second-order valence-corrected chi connectivity index (χ2v) is 6.69. The van der Waals surface area contributed by atoms with Crippen LogP contribution in [-0.2, 0) is 0 Å². The normalized spacial score (nSPS) is 10.1. The summed E-state index contributed by atoms with van der Waals surface area (Å²) in [5.41, 5.74) is 1.77. The Balaban J connectivity index is 1.76. The molecule has 0 atom stereocenters. The number of nitrogens with one attached hydrogen (secondary N) is 2. The third-order valence-corrected chi connectivity index (χ3v) is 4.61. The van der Waals surface area contributed by atoms with E-state index in [1.54, 1.807) is 60.7 Å². The predicted molar refractivity (Wildman–Crippen MR) is 121 cm³/mol. The minimum Gasteiger partial charge on any atom is -0.497 e. The van der Waals surface area contributed by atoms with Gasteiger partial charge in [0.05, 0.1) is 28.4 Å². The summed E-state index contributed by atoms with van der Waals surface area (Å²) in [6.07, 6.45) is 0. The Bertz CT molecular complexity index is 1000. The molecule has 8 heteroatoms. The molecule has 32 heavy (non-hydrogen) atoms. The van der Waals surface area contributed by atoms with E-state index in [1.165, 1.54) is 28.4 Å². The highest BCUT2D eigenvalue weighted by Gasteiger charge is 2.13. The Morgan fingerprint density at radius 3 is 1.22 bits per heavy atom. The average molecular weight is 436 g/mol. The van der Waals surface area contributed by atoms with Crippen molar-refractivity contribution in [1.82, 2.24) is 0 Å². The molecule has 0 aliphatic heterocycles. The zero-order valence-electron chi connectivity index (χ0n) is 18.2. The highest BCUT2D eigenvalue weighted by Crippen LogP contribution is 2.25. The first kappa shape index (κ1) is 22.5. The molecule has 0 radical (unpaired) electrons. The van der Waals surface area contributed by atoms with Crippen LogP contribution in [0.5, 0.6) is 23.0 Å². The van der Waals surface area contributed by atoms with Gasteiger partial charge >= 0.3 is 0 Å². The van der Waals surface area contributed by atoms with Crippen LogP contribution in [0.25, 0.3) is 0 Å². The Morgan fingerprint density at radius 1 is 0.562 bits per heavy atom. The molecule has 0 aliphatic carbocycles. The van der Waals surface area contributed by atoms with Crippen molar-refractivity contribution in [3.05, 3.63) is 71.8 Å². The van der Waals surface area contributed by atoms with Crippen LogP contribution in [0, 0.1) is 0 Å². The largest absolute Gasteiger partial charge is 0.497 e. The quantitative estimate of drug-likeness (QED) is 0.549. The molecule has 0 unspecified atom stereocenters. The Labute approximate surface area is 186 Å². The number of hydrogen-bond acceptors (Lipinski definition) is 6. The third kappa shape index (κ3) is 5.48. The van der Waals surface area contributed by atoms with Gasteiger partial charge in [-0.05, 0) is 42.5 Å². The van der Waals surface area contributed by atoms with E-state index in [9.17, 15) is 9.59 Å². The van der Waals surface area contributed by atoms with E-state index in [0.717, 1.165) is 0 Å². The summed E-state index contributed by atoms with van der Waals surface area (Å²) in [4.78, 5) is 25.4. The summed E-state index contributed by atoms with van der Waals surface area (Å²) in [6.45, 7) is 0. The fraction of sp³-hybridized carbons (Fsp3) is 0.167. The van der Waals surface area contributed by atoms with Crippen molar-refractivity contribution in [3.8, 4) is 23.0 Å². The van der Waals surface area contributed by atoms with Gasteiger partial charge in [-0.15, -0.1) is 0 Å². The van der Waals surface area contributed by atoms with Gasteiger partial charge in [-0.1, -0.05) is 6.07 Å². The van der Waals surface area contributed by atoms with Crippen molar-refractivity contribution in [2.75, 3.05) is 39.1 Å². The number of benzene rings is 3. The third-order valence-electron chi connectivity index (χ3n) is 4.61. The number of carbonyl (C=O) groups is 2. The summed E-state index contributed by atoms with van der Waals surface area (Å²) in [5.74, 6) is 1.33. The summed E-state index contributed by atoms with van der Waals surface area (Å²) in [7, 11) is 6.06. The molecular formula is C24H24N2O6. The molecule has 3 aromatic carbocycles. The predicted octanol–water partition coefficient (Wildman–Crippen LogP) is 4.23. The second-order valence-electron chi connectivity index (χ2n) is 6.69. The van der Waals surface area contributed by atoms with Crippen LogP contribution in [0.3, 0.4) is 0 Å². The summed E-state index contributed by atoms with van der Waals surface area (Å²) < 4.78 is 20.8. The first-order chi connectivity index (χ1) is 15.4. The molecule has 0 spiro atoms. The number of ether oxygens (including phenoxy) is 4. The maximum absolute atomic E-state index is 12.7. The maximum atomic E-state index is 12.7. The molecule has 2 amide bonds. The minimum atomic E-state index is -0.344. The first-order valence-electron chi connectivity index (χ1n) is 9.64. The molecule has 8 nitrogen and oxygen atoms in total. The number of rotatable bonds is 8. The fourth-order valence-electron chi connectivity index (χ4n) is 2.96. The molecule has 0 bridgehead atoms. The van der Waals surface area contributed by atoms with E-state index in [4.69, 9.17) is 18.9 Å². The van der Waals surface area contributed by atoms with Crippen LogP contribution in [-0.4, -0.2) is 40.3 Å². The van der Waals surface area contributed by atoms with E-state index < -0.39 is 0 Å². The SMILES string of the molecule is COc1cc(OC)cc(C(=O)Nc2cccc(NC(=O)c3cc(OC)cc(OC)c3)c2)c1.